The van der Waals surface area contributed by atoms with Crippen molar-refractivity contribution in [1.29, 1.82) is 0 Å². The second-order valence-corrected chi connectivity index (χ2v) is 16.4. The number of anilines is 3. The van der Waals surface area contributed by atoms with Crippen molar-refractivity contribution >= 4 is 39.0 Å². The molecule has 0 spiro atoms. The summed E-state index contributed by atoms with van der Waals surface area (Å²) in [5.41, 5.74) is 2.40. The number of morpholine rings is 1. The highest BCUT2D eigenvalue weighted by Gasteiger charge is 2.27. The summed E-state index contributed by atoms with van der Waals surface area (Å²) in [4.78, 5) is 29.2. The Morgan fingerprint density at radius 1 is 0.980 bits per heavy atom. The van der Waals surface area contributed by atoms with Gasteiger partial charge in [-0.05, 0) is 66.0 Å². The summed E-state index contributed by atoms with van der Waals surface area (Å²) in [7, 11) is -3.94. The Morgan fingerprint density at radius 3 is 2.31 bits per heavy atom. The van der Waals surface area contributed by atoms with Crippen LogP contribution in [0.4, 0.5) is 21.9 Å². The topological polar surface area (TPSA) is 129 Å². The first-order chi connectivity index (χ1) is 23.4. The lowest BCUT2D eigenvalue weighted by Gasteiger charge is -2.31. The van der Waals surface area contributed by atoms with Gasteiger partial charge in [-0.3, -0.25) is 9.52 Å². The molecular formula is C38H59N5O5S. The Hall–Kier alpha value is -3.31. The van der Waals surface area contributed by atoms with Crippen molar-refractivity contribution in [2.24, 2.45) is 11.8 Å². The number of carbonyl (C=O) groups is 2. The van der Waals surface area contributed by atoms with Gasteiger partial charge in [0.05, 0.1) is 29.5 Å². The van der Waals surface area contributed by atoms with Crippen molar-refractivity contribution in [2.45, 2.75) is 115 Å². The molecule has 0 bridgehead atoms. The zero-order chi connectivity index (χ0) is 35.4. The molecule has 2 fully saturated rings. The molecule has 1 aliphatic heterocycles. The monoisotopic (exact) mass is 697 g/mol. The van der Waals surface area contributed by atoms with Gasteiger partial charge in [-0.2, -0.15) is 0 Å². The van der Waals surface area contributed by atoms with E-state index < -0.39 is 22.1 Å². The number of hydrogen-bond acceptors (Lipinski definition) is 6. The molecule has 1 saturated carbocycles. The van der Waals surface area contributed by atoms with Crippen LogP contribution in [0.25, 0.3) is 0 Å². The maximum Gasteiger partial charge on any atom is 0.319 e. The zero-order valence-corrected chi connectivity index (χ0v) is 31.1. The molecule has 2 atom stereocenters. The van der Waals surface area contributed by atoms with E-state index in [4.69, 9.17) is 4.74 Å². The normalized spacial score (nSPS) is 17.2. The lowest BCUT2D eigenvalue weighted by Crippen LogP contribution is -2.50. The van der Waals surface area contributed by atoms with Gasteiger partial charge in [-0.15, -0.1) is 0 Å². The van der Waals surface area contributed by atoms with Crippen LogP contribution < -0.4 is 25.6 Å². The number of amides is 3. The Labute approximate surface area is 294 Å². The number of nitrogens with one attached hydrogen (secondary N) is 4. The van der Waals surface area contributed by atoms with Crippen LogP contribution in [-0.4, -0.2) is 59.2 Å². The van der Waals surface area contributed by atoms with Crippen molar-refractivity contribution in [3.8, 4) is 0 Å². The average Bonchev–Trinajstić information content (AvgIpc) is 3.08. The molecule has 272 valence electrons. The summed E-state index contributed by atoms with van der Waals surface area (Å²) in [5.74, 6) is 0.652. The van der Waals surface area contributed by atoms with Crippen molar-refractivity contribution < 1.29 is 22.7 Å². The number of unbranched alkanes of at least 4 members (excludes halogenated alkanes) is 1. The Bertz CT molecular complexity index is 1460. The number of nitrogens with zero attached hydrogens (tertiary/aromatic N) is 1. The first-order valence-corrected chi connectivity index (χ1v) is 19.8. The van der Waals surface area contributed by atoms with Crippen LogP contribution in [0.3, 0.4) is 0 Å². The van der Waals surface area contributed by atoms with Crippen LogP contribution >= 0.6 is 0 Å². The number of sulfonamides is 1. The molecule has 2 unspecified atom stereocenters. The Kier molecular flexibility index (Phi) is 14.2. The molecule has 4 N–H and O–H groups in total. The quantitative estimate of drug-likeness (QED) is 0.153. The zero-order valence-electron chi connectivity index (χ0n) is 30.3. The summed E-state index contributed by atoms with van der Waals surface area (Å²) in [5, 5.41) is 8.97. The lowest BCUT2D eigenvalue weighted by molar-refractivity contribution is -0.123. The van der Waals surface area contributed by atoms with E-state index in [2.05, 4.69) is 60.2 Å². The predicted octanol–water partition coefficient (Wildman–Crippen LogP) is 7.41. The van der Waals surface area contributed by atoms with Crippen LogP contribution in [0.2, 0.25) is 0 Å². The SMILES string of the molecule is CCCCC(CC)CNC(=O)C(CC1CCCCC1)NC(=O)Nc1ccc(N2CCOCC2)c(NS(=O)(=O)c2ccc(C(C)(C)C)cc2)c1. The minimum absolute atomic E-state index is 0.109. The molecule has 11 heteroatoms. The van der Waals surface area contributed by atoms with E-state index in [1.807, 2.05) is 18.2 Å². The molecule has 1 saturated heterocycles. The molecule has 2 aromatic carbocycles. The van der Waals surface area contributed by atoms with Crippen LogP contribution in [0, 0.1) is 11.8 Å². The first-order valence-electron chi connectivity index (χ1n) is 18.3. The first kappa shape index (κ1) is 38.5. The van der Waals surface area contributed by atoms with E-state index in [9.17, 15) is 18.0 Å². The maximum atomic E-state index is 13.6. The summed E-state index contributed by atoms with van der Waals surface area (Å²) in [6, 6.07) is 11.0. The van der Waals surface area contributed by atoms with E-state index >= 15 is 0 Å². The van der Waals surface area contributed by atoms with Crippen molar-refractivity contribution in [1.82, 2.24) is 10.6 Å². The summed E-state index contributed by atoms with van der Waals surface area (Å²) >= 11 is 0. The fraction of sp³-hybridized carbons (Fsp3) is 0.632. The van der Waals surface area contributed by atoms with Gasteiger partial charge in [-0.1, -0.05) is 98.1 Å². The molecule has 0 radical (unpaired) electrons. The highest BCUT2D eigenvalue weighted by molar-refractivity contribution is 7.92. The standard InChI is InChI=1S/C38H59N5O5S/c1-6-8-12-28(7-2)27-39-36(44)34(25-29-13-10-9-11-14-29)41-37(45)40-31-17-20-35(43-21-23-48-24-22-43)33(26-31)42-49(46,47)32-18-15-30(16-19-32)38(3,4)5/h15-20,26,28-29,34,42H,6-14,21-25,27H2,1-5H3,(H,39,44)(H2,40,41,45). The number of hydrogen-bond donors (Lipinski definition) is 4. The van der Waals surface area contributed by atoms with E-state index in [0.717, 1.165) is 56.9 Å². The summed E-state index contributed by atoms with van der Waals surface area (Å²) < 4.78 is 35.6. The molecular weight excluding hydrogens is 639 g/mol. The third kappa shape index (κ3) is 11.6. The lowest BCUT2D eigenvalue weighted by atomic mass is 9.84. The molecule has 0 aromatic heterocycles. The minimum Gasteiger partial charge on any atom is -0.378 e. The molecule has 49 heavy (non-hydrogen) atoms. The summed E-state index contributed by atoms with van der Waals surface area (Å²) in [6.45, 7) is 13.5. The van der Waals surface area contributed by atoms with Gasteiger partial charge in [0.15, 0.2) is 0 Å². The van der Waals surface area contributed by atoms with Crippen LogP contribution in [0.1, 0.15) is 104 Å². The van der Waals surface area contributed by atoms with Crippen LogP contribution in [0.15, 0.2) is 47.4 Å². The fourth-order valence-corrected chi connectivity index (χ4v) is 7.80. The van der Waals surface area contributed by atoms with Gasteiger partial charge in [0.2, 0.25) is 5.91 Å². The fourth-order valence-electron chi connectivity index (χ4n) is 6.74. The molecule has 4 rings (SSSR count). The number of ether oxygens (including phenoxy) is 1. The second kappa shape index (κ2) is 18.1. The van der Waals surface area contributed by atoms with E-state index in [1.165, 1.54) is 6.42 Å². The number of benzene rings is 2. The highest BCUT2D eigenvalue weighted by Crippen LogP contribution is 2.33. The molecule has 10 nitrogen and oxygen atoms in total. The van der Waals surface area contributed by atoms with Crippen LogP contribution in [0.5, 0.6) is 0 Å². The van der Waals surface area contributed by atoms with E-state index in [1.54, 1.807) is 24.3 Å². The number of carbonyl (C=O) groups excluding carboxylic acids is 2. The van der Waals surface area contributed by atoms with E-state index in [0.29, 0.717) is 68.2 Å². The van der Waals surface area contributed by atoms with Gasteiger partial charge in [0.1, 0.15) is 6.04 Å². The van der Waals surface area contributed by atoms with Gasteiger partial charge >= 0.3 is 6.03 Å². The van der Waals surface area contributed by atoms with Gasteiger partial charge < -0.3 is 25.6 Å². The molecule has 3 amide bonds. The van der Waals surface area contributed by atoms with Gasteiger partial charge in [-0.25, -0.2) is 13.2 Å². The third-order valence-corrected chi connectivity index (χ3v) is 11.3. The largest absolute Gasteiger partial charge is 0.378 e. The predicted molar refractivity (Wildman–Crippen MR) is 199 cm³/mol. The van der Waals surface area contributed by atoms with Crippen LogP contribution in [-0.2, 0) is 25.0 Å². The molecule has 2 aromatic rings. The number of urea groups is 1. The van der Waals surface area contributed by atoms with Crippen molar-refractivity contribution in [3.63, 3.8) is 0 Å². The molecule has 1 aliphatic carbocycles. The maximum absolute atomic E-state index is 13.6. The van der Waals surface area contributed by atoms with Crippen molar-refractivity contribution in [3.05, 3.63) is 48.0 Å². The van der Waals surface area contributed by atoms with Crippen molar-refractivity contribution in [2.75, 3.05) is 47.8 Å². The smallest absolute Gasteiger partial charge is 0.319 e. The Morgan fingerprint density at radius 2 is 1.67 bits per heavy atom. The molecule has 1 heterocycles. The Balaban J connectivity index is 1.52. The molecule has 2 aliphatic rings. The average molecular weight is 698 g/mol. The van der Waals surface area contributed by atoms with Gasteiger partial charge in [0.25, 0.3) is 10.0 Å². The second-order valence-electron chi connectivity index (χ2n) is 14.8. The minimum atomic E-state index is -3.94. The highest BCUT2D eigenvalue weighted by atomic mass is 32.2. The number of rotatable bonds is 15. The van der Waals surface area contributed by atoms with Gasteiger partial charge in [0, 0.05) is 25.3 Å². The van der Waals surface area contributed by atoms with E-state index in [-0.39, 0.29) is 16.2 Å². The summed E-state index contributed by atoms with van der Waals surface area (Å²) in [6.07, 6.45) is 10.6. The third-order valence-electron chi connectivity index (χ3n) is 9.90.